The highest BCUT2D eigenvalue weighted by Crippen LogP contribution is 2.23. The smallest absolute Gasteiger partial charge is 0.212 e. The molecular formula is C15H17BrN2O. The lowest BCUT2D eigenvalue weighted by molar-refractivity contribution is 0.102. The fourth-order valence-electron chi connectivity index (χ4n) is 1.97. The van der Waals surface area contributed by atoms with E-state index in [0.29, 0.717) is 11.3 Å². The summed E-state index contributed by atoms with van der Waals surface area (Å²) in [4.78, 5) is 12.6. The summed E-state index contributed by atoms with van der Waals surface area (Å²) in [5.74, 6) is 0.000674. The molecular weight excluding hydrogens is 304 g/mol. The van der Waals surface area contributed by atoms with Crippen LogP contribution >= 0.6 is 15.9 Å². The van der Waals surface area contributed by atoms with Crippen LogP contribution in [0, 0.1) is 0 Å². The topological polar surface area (TPSA) is 34.9 Å². The lowest BCUT2D eigenvalue weighted by Crippen LogP contribution is -2.14. The van der Waals surface area contributed by atoms with E-state index < -0.39 is 0 Å². The number of rotatable bonds is 4. The summed E-state index contributed by atoms with van der Waals surface area (Å²) in [5.41, 5.74) is 2.53. The van der Waals surface area contributed by atoms with Gasteiger partial charge in [-0.3, -0.25) is 9.48 Å². The van der Waals surface area contributed by atoms with E-state index in [4.69, 9.17) is 0 Å². The SMILES string of the molecule is CCc1ccc(C(=O)c2c(Br)cnn2C(C)C)cc1. The van der Waals surface area contributed by atoms with Crippen LogP contribution in [0.15, 0.2) is 34.9 Å². The number of halogens is 1. The summed E-state index contributed by atoms with van der Waals surface area (Å²) in [5, 5.41) is 4.24. The molecule has 0 aliphatic carbocycles. The number of benzene rings is 1. The zero-order valence-electron chi connectivity index (χ0n) is 11.4. The first kappa shape index (κ1) is 14.0. The van der Waals surface area contributed by atoms with E-state index in [1.54, 1.807) is 10.9 Å². The number of aryl methyl sites for hydroxylation is 1. The zero-order valence-corrected chi connectivity index (χ0v) is 12.9. The number of aromatic nitrogens is 2. The normalized spacial score (nSPS) is 11.0. The summed E-state index contributed by atoms with van der Waals surface area (Å²) in [6.07, 6.45) is 2.65. The Morgan fingerprint density at radius 3 is 2.47 bits per heavy atom. The Bertz CT molecular complexity index is 585. The maximum absolute atomic E-state index is 12.6. The molecule has 0 saturated carbocycles. The first-order valence-electron chi connectivity index (χ1n) is 6.41. The highest BCUT2D eigenvalue weighted by molar-refractivity contribution is 9.10. The molecule has 0 atom stereocenters. The minimum Gasteiger partial charge on any atom is -0.287 e. The van der Waals surface area contributed by atoms with Gasteiger partial charge in [0.15, 0.2) is 0 Å². The van der Waals surface area contributed by atoms with E-state index in [1.807, 2.05) is 38.1 Å². The summed E-state index contributed by atoms with van der Waals surface area (Å²) in [6, 6.07) is 7.91. The monoisotopic (exact) mass is 320 g/mol. The molecule has 0 N–H and O–H groups in total. The van der Waals surface area contributed by atoms with Crippen LogP contribution in [0.4, 0.5) is 0 Å². The van der Waals surface area contributed by atoms with Crippen LogP contribution in [0.2, 0.25) is 0 Å². The maximum atomic E-state index is 12.6. The predicted molar refractivity (Wildman–Crippen MR) is 79.6 cm³/mol. The highest BCUT2D eigenvalue weighted by Gasteiger charge is 2.20. The van der Waals surface area contributed by atoms with Crippen molar-refractivity contribution in [3.63, 3.8) is 0 Å². The molecule has 0 spiro atoms. The predicted octanol–water partition coefficient (Wildman–Crippen LogP) is 4.02. The third-order valence-electron chi connectivity index (χ3n) is 3.08. The number of hydrogen-bond acceptors (Lipinski definition) is 2. The second-order valence-electron chi connectivity index (χ2n) is 4.76. The molecule has 0 bridgehead atoms. The number of carbonyl (C=O) groups is 1. The second kappa shape index (κ2) is 5.70. The molecule has 3 nitrogen and oxygen atoms in total. The van der Waals surface area contributed by atoms with Crippen LogP contribution in [0.1, 0.15) is 48.4 Å². The minimum absolute atomic E-state index is 0.000674. The fraction of sp³-hybridized carbons (Fsp3) is 0.333. The Hall–Kier alpha value is -1.42. The molecule has 1 heterocycles. The number of carbonyl (C=O) groups excluding carboxylic acids is 1. The van der Waals surface area contributed by atoms with Gasteiger partial charge in [0.1, 0.15) is 5.69 Å². The standard InChI is InChI=1S/C15H17BrN2O/c1-4-11-5-7-12(8-6-11)15(19)14-13(16)9-17-18(14)10(2)3/h5-10H,4H2,1-3H3. The van der Waals surface area contributed by atoms with Crippen LogP contribution < -0.4 is 0 Å². The molecule has 2 aromatic rings. The third-order valence-corrected chi connectivity index (χ3v) is 3.66. The second-order valence-corrected chi connectivity index (χ2v) is 5.61. The van der Waals surface area contributed by atoms with Gasteiger partial charge < -0.3 is 0 Å². The zero-order chi connectivity index (χ0) is 14.0. The Morgan fingerprint density at radius 1 is 1.32 bits per heavy atom. The molecule has 0 aliphatic heterocycles. The van der Waals surface area contributed by atoms with Gasteiger partial charge in [-0.25, -0.2) is 0 Å². The van der Waals surface area contributed by atoms with Gasteiger partial charge in [0.05, 0.1) is 10.7 Å². The molecule has 19 heavy (non-hydrogen) atoms. The van der Waals surface area contributed by atoms with Gasteiger partial charge in [0, 0.05) is 11.6 Å². The quantitative estimate of drug-likeness (QED) is 0.797. The molecule has 100 valence electrons. The molecule has 1 aromatic carbocycles. The fourth-order valence-corrected chi connectivity index (χ4v) is 2.43. The van der Waals surface area contributed by atoms with Crippen LogP contribution in [0.3, 0.4) is 0 Å². The van der Waals surface area contributed by atoms with E-state index in [1.165, 1.54) is 5.56 Å². The van der Waals surface area contributed by atoms with Gasteiger partial charge in [-0.15, -0.1) is 0 Å². The summed E-state index contributed by atoms with van der Waals surface area (Å²) in [6.45, 7) is 6.12. The number of hydrogen-bond donors (Lipinski definition) is 0. The van der Waals surface area contributed by atoms with Crippen molar-refractivity contribution in [2.45, 2.75) is 33.2 Å². The van der Waals surface area contributed by atoms with Crippen LogP contribution in [-0.2, 0) is 6.42 Å². The first-order chi connectivity index (χ1) is 9.04. The van der Waals surface area contributed by atoms with Gasteiger partial charge in [0.2, 0.25) is 5.78 Å². The molecule has 4 heteroatoms. The van der Waals surface area contributed by atoms with Crippen LogP contribution in [-0.4, -0.2) is 15.6 Å². The van der Waals surface area contributed by atoms with Gasteiger partial charge in [0.25, 0.3) is 0 Å². The van der Waals surface area contributed by atoms with Gasteiger partial charge in [-0.2, -0.15) is 5.10 Å². The summed E-state index contributed by atoms with van der Waals surface area (Å²) in [7, 11) is 0. The van der Waals surface area contributed by atoms with Crippen LogP contribution in [0.5, 0.6) is 0 Å². The highest BCUT2D eigenvalue weighted by atomic mass is 79.9. The van der Waals surface area contributed by atoms with Crippen LogP contribution in [0.25, 0.3) is 0 Å². The molecule has 0 aliphatic rings. The lowest BCUT2D eigenvalue weighted by Gasteiger charge is -2.10. The van der Waals surface area contributed by atoms with Crippen molar-refractivity contribution in [2.75, 3.05) is 0 Å². The van der Waals surface area contributed by atoms with Gasteiger partial charge in [-0.05, 0) is 41.8 Å². The largest absolute Gasteiger partial charge is 0.287 e. The van der Waals surface area contributed by atoms with Crippen molar-refractivity contribution in [3.05, 3.63) is 51.8 Å². The minimum atomic E-state index is 0.000674. The van der Waals surface area contributed by atoms with Crippen molar-refractivity contribution >= 4 is 21.7 Å². The van der Waals surface area contributed by atoms with E-state index >= 15 is 0 Å². The average Bonchev–Trinajstić information content (AvgIpc) is 2.80. The van der Waals surface area contributed by atoms with Crippen molar-refractivity contribution in [2.24, 2.45) is 0 Å². The molecule has 0 fully saturated rings. The Labute approximate surface area is 121 Å². The van der Waals surface area contributed by atoms with Crippen molar-refractivity contribution in [1.29, 1.82) is 0 Å². The van der Waals surface area contributed by atoms with E-state index in [-0.39, 0.29) is 11.8 Å². The molecule has 0 amide bonds. The molecule has 0 unspecified atom stereocenters. The van der Waals surface area contributed by atoms with Crippen molar-refractivity contribution in [3.8, 4) is 0 Å². The van der Waals surface area contributed by atoms with Gasteiger partial charge >= 0.3 is 0 Å². The average molecular weight is 321 g/mol. The first-order valence-corrected chi connectivity index (χ1v) is 7.20. The molecule has 0 radical (unpaired) electrons. The summed E-state index contributed by atoms with van der Waals surface area (Å²) >= 11 is 3.41. The lowest BCUT2D eigenvalue weighted by atomic mass is 10.0. The van der Waals surface area contributed by atoms with E-state index in [0.717, 1.165) is 10.9 Å². The Balaban J connectivity index is 2.40. The molecule has 1 aromatic heterocycles. The maximum Gasteiger partial charge on any atom is 0.212 e. The third kappa shape index (κ3) is 2.78. The van der Waals surface area contributed by atoms with E-state index in [2.05, 4.69) is 28.0 Å². The molecule has 2 rings (SSSR count). The molecule has 0 saturated heterocycles. The Morgan fingerprint density at radius 2 is 1.95 bits per heavy atom. The van der Waals surface area contributed by atoms with E-state index in [9.17, 15) is 4.79 Å². The number of nitrogens with zero attached hydrogens (tertiary/aromatic N) is 2. The van der Waals surface area contributed by atoms with Gasteiger partial charge in [-0.1, -0.05) is 31.2 Å². The Kier molecular flexibility index (Phi) is 4.20. The summed E-state index contributed by atoms with van der Waals surface area (Å²) < 4.78 is 2.49. The number of ketones is 1. The van der Waals surface area contributed by atoms with Crippen molar-refractivity contribution < 1.29 is 4.79 Å². The van der Waals surface area contributed by atoms with Crippen molar-refractivity contribution in [1.82, 2.24) is 9.78 Å².